The van der Waals surface area contributed by atoms with E-state index >= 15 is 0 Å². The second-order valence-corrected chi connectivity index (χ2v) is 6.15. The summed E-state index contributed by atoms with van der Waals surface area (Å²) in [4.78, 5) is 0. The minimum atomic E-state index is 0.570. The molecule has 0 aliphatic heterocycles. The van der Waals surface area contributed by atoms with Crippen molar-refractivity contribution in [3.8, 4) is 11.1 Å². The van der Waals surface area contributed by atoms with Crippen LogP contribution in [0.1, 0.15) is 61.8 Å². The van der Waals surface area contributed by atoms with E-state index in [4.69, 9.17) is 0 Å². The van der Waals surface area contributed by atoms with E-state index in [-0.39, 0.29) is 0 Å². The Morgan fingerprint density at radius 2 is 1.63 bits per heavy atom. The molecule has 0 saturated carbocycles. The fraction of sp³-hybridized carbons (Fsp3) is 0.368. The predicted octanol–water partition coefficient (Wildman–Crippen LogP) is 5.30. The van der Waals surface area contributed by atoms with Crippen LogP contribution in [0.25, 0.3) is 11.1 Å². The molecular formula is C19H21. The van der Waals surface area contributed by atoms with Gasteiger partial charge in [-0.3, -0.25) is 0 Å². The summed E-state index contributed by atoms with van der Waals surface area (Å²) in [6.07, 6.45) is 1.06. The Morgan fingerprint density at radius 1 is 0.947 bits per heavy atom. The van der Waals surface area contributed by atoms with Crippen LogP contribution >= 0.6 is 0 Å². The Bertz CT molecular complexity index is 618. The summed E-state index contributed by atoms with van der Waals surface area (Å²) in [5.41, 5.74) is 8.80. The van der Waals surface area contributed by atoms with Crippen molar-refractivity contribution in [2.24, 2.45) is 0 Å². The maximum Gasteiger partial charge on any atom is -0.000434 e. The molecule has 19 heavy (non-hydrogen) atoms. The van der Waals surface area contributed by atoms with Gasteiger partial charge < -0.3 is 0 Å². The van der Waals surface area contributed by atoms with Crippen LogP contribution in [0.15, 0.2) is 30.3 Å². The van der Waals surface area contributed by atoms with E-state index in [1.54, 1.807) is 5.56 Å². The lowest BCUT2D eigenvalue weighted by atomic mass is 9.87. The Hall–Kier alpha value is -1.56. The average molecular weight is 249 g/mol. The monoisotopic (exact) mass is 249 g/mol. The smallest absolute Gasteiger partial charge is 0.000434 e. The zero-order valence-corrected chi connectivity index (χ0v) is 12.2. The van der Waals surface area contributed by atoms with Gasteiger partial charge >= 0.3 is 0 Å². The van der Waals surface area contributed by atoms with Crippen molar-refractivity contribution in [2.45, 2.75) is 46.0 Å². The molecule has 1 aliphatic carbocycles. The molecule has 0 bridgehead atoms. The molecule has 0 N–H and O–H groups in total. The lowest BCUT2D eigenvalue weighted by molar-refractivity contribution is 0.836. The van der Waals surface area contributed by atoms with Gasteiger partial charge in [-0.1, -0.05) is 58.0 Å². The molecular weight excluding hydrogens is 228 g/mol. The van der Waals surface area contributed by atoms with Crippen molar-refractivity contribution in [1.29, 1.82) is 0 Å². The third-order valence-electron chi connectivity index (χ3n) is 4.19. The van der Waals surface area contributed by atoms with Crippen LogP contribution < -0.4 is 0 Å². The first-order chi connectivity index (χ1) is 9.09. The Kier molecular flexibility index (Phi) is 2.97. The highest BCUT2D eigenvalue weighted by Gasteiger charge is 2.25. The molecule has 97 valence electrons. The second kappa shape index (κ2) is 4.52. The minimum Gasteiger partial charge on any atom is -0.0610 e. The highest BCUT2D eigenvalue weighted by molar-refractivity contribution is 5.81. The summed E-state index contributed by atoms with van der Waals surface area (Å²) in [5.74, 6) is 1.16. The molecule has 0 atom stereocenters. The van der Waals surface area contributed by atoms with Gasteiger partial charge in [0.05, 0.1) is 0 Å². The highest BCUT2D eigenvalue weighted by Crippen LogP contribution is 2.44. The van der Waals surface area contributed by atoms with E-state index in [9.17, 15) is 0 Å². The van der Waals surface area contributed by atoms with Crippen LogP contribution in [-0.2, 0) is 6.42 Å². The summed E-state index contributed by atoms with van der Waals surface area (Å²) in [7, 11) is 0. The van der Waals surface area contributed by atoms with E-state index in [1.807, 2.05) is 6.07 Å². The highest BCUT2D eigenvalue weighted by atomic mass is 14.3. The summed E-state index contributed by atoms with van der Waals surface area (Å²) < 4.78 is 0. The number of rotatable bonds is 2. The van der Waals surface area contributed by atoms with Crippen LogP contribution in [0.3, 0.4) is 0 Å². The van der Waals surface area contributed by atoms with Gasteiger partial charge in [0.2, 0.25) is 0 Å². The first-order valence-corrected chi connectivity index (χ1v) is 7.25. The molecule has 0 heteroatoms. The molecule has 0 amide bonds. The molecule has 1 aliphatic rings. The minimum absolute atomic E-state index is 0.570. The van der Waals surface area contributed by atoms with Crippen LogP contribution in [-0.4, -0.2) is 0 Å². The Morgan fingerprint density at radius 3 is 2.32 bits per heavy atom. The fourth-order valence-corrected chi connectivity index (χ4v) is 3.24. The Balaban J connectivity index is 2.30. The van der Waals surface area contributed by atoms with Gasteiger partial charge in [-0.05, 0) is 57.7 Å². The van der Waals surface area contributed by atoms with Crippen molar-refractivity contribution in [2.75, 3.05) is 0 Å². The molecule has 0 nitrogen and oxygen atoms in total. The number of hydrogen-bond acceptors (Lipinski definition) is 0. The van der Waals surface area contributed by atoms with Gasteiger partial charge in [-0.25, -0.2) is 0 Å². The summed E-state index contributed by atoms with van der Waals surface area (Å²) in [6.45, 7) is 9.15. The third-order valence-corrected chi connectivity index (χ3v) is 4.19. The van der Waals surface area contributed by atoms with E-state index in [1.165, 1.54) is 27.8 Å². The zero-order valence-electron chi connectivity index (χ0n) is 12.2. The predicted molar refractivity (Wildman–Crippen MR) is 81.7 cm³/mol. The normalized spacial score (nSPS) is 12.9. The van der Waals surface area contributed by atoms with Crippen LogP contribution in [0.2, 0.25) is 0 Å². The van der Waals surface area contributed by atoms with Gasteiger partial charge in [0.1, 0.15) is 0 Å². The molecule has 0 heterocycles. The lowest BCUT2D eigenvalue weighted by Crippen LogP contribution is -1.99. The van der Waals surface area contributed by atoms with Crippen LogP contribution in [0.5, 0.6) is 0 Å². The quantitative estimate of drug-likeness (QED) is 0.577. The van der Waals surface area contributed by atoms with Gasteiger partial charge in [0.25, 0.3) is 0 Å². The number of hydrogen-bond donors (Lipinski definition) is 0. The molecule has 0 aromatic heterocycles. The molecule has 2 aromatic carbocycles. The number of benzene rings is 2. The van der Waals surface area contributed by atoms with E-state index in [0.717, 1.165) is 6.42 Å². The second-order valence-electron chi connectivity index (χ2n) is 6.15. The maximum absolute atomic E-state index is 3.43. The molecule has 0 unspecified atom stereocenters. The first-order valence-electron chi connectivity index (χ1n) is 7.25. The number of fused-ring (bicyclic) bond motifs is 3. The van der Waals surface area contributed by atoms with Gasteiger partial charge in [0.15, 0.2) is 0 Å². The molecule has 0 spiro atoms. The molecule has 3 rings (SSSR count). The van der Waals surface area contributed by atoms with Gasteiger partial charge in [-0.15, -0.1) is 0 Å². The fourth-order valence-electron chi connectivity index (χ4n) is 3.24. The van der Waals surface area contributed by atoms with Crippen LogP contribution in [0, 0.1) is 6.07 Å². The lowest BCUT2D eigenvalue weighted by Gasteiger charge is -2.18. The topological polar surface area (TPSA) is 0 Å². The van der Waals surface area contributed by atoms with Crippen molar-refractivity contribution >= 4 is 0 Å². The van der Waals surface area contributed by atoms with Crippen molar-refractivity contribution < 1.29 is 0 Å². The third kappa shape index (κ3) is 1.90. The average Bonchev–Trinajstić information content (AvgIpc) is 2.76. The SMILES string of the molecule is CC(C)c1ccc(C(C)C)c2c1Cc1[c]cccc1-2. The zero-order chi connectivity index (χ0) is 13.6. The summed E-state index contributed by atoms with van der Waals surface area (Å²) in [6, 6.07) is 14.5. The first kappa shape index (κ1) is 12.5. The molecule has 0 saturated heterocycles. The van der Waals surface area contributed by atoms with Gasteiger partial charge in [0, 0.05) is 0 Å². The molecule has 2 aromatic rings. The summed E-state index contributed by atoms with van der Waals surface area (Å²) >= 11 is 0. The Labute approximate surface area is 116 Å². The van der Waals surface area contributed by atoms with Crippen molar-refractivity contribution in [3.05, 3.63) is 58.7 Å². The molecule has 0 fully saturated rings. The largest absolute Gasteiger partial charge is 0.0610 e. The molecule has 1 radical (unpaired) electrons. The van der Waals surface area contributed by atoms with E-state index in [2.05, 4.69) is 58.0 Å². The summed E-state index contributed by atoms with van der Waals surface area (Å²) in [5, 5.41) is 0. The van der Waals surface area contributed by atoms with Crippen molar-refractivity contribution in [3.63, 3.8) is 0 Å². The maximum atomic E-state index is 3.43. The van der Waals surface area contributed by atoms with Gasteiger partial charge in [-0.2, -0.15) is 0 Å². The van der Waals surface area contributed by atoms with Crippen LogP contribution in [0.4, 0.5) is 0 Å². The van der Waals surface area contributed by atoms with E-state index in [0.29, 0.717) is 11.8 Å². The van der Waals surface area contributed by atoms with Crippen molar-refractivity contribution in [1.82, 2.24) is 0 Å². The van der Waals surface area contributed by atoms with E-state index < -0.39 is 0 Å². The standard InChI is InChI=1S/C19H21/c1-12(2)15-9-10-16(13(3)4)19-17-8-6-5-7-14(17)11-18(15)19/h5-6,8-10,12-13H,11H2,1-4H3.